The third-order valence-corrected chi connectivity index (χ3v) is 3.35. The molecule has 17 heavy (non-hydrogen) atoms. The lowest BCUT2D eigenvalue weighted by Crippen LogP contribution is -2.29. The van der Waals surface area contributed by atoms with Gasteiger partial charge in [-0.1, -0.05) is 24.9 Å². The molecule has 0 heterocycles. The number of hydrogen-bond acceptors (Lipinski definition) is 2. The summed E-state index contributed by atoms with van der Waals surface area (Å²) in [4.78, 5) is 0. The first-order valence-corrected chi connectivity index (χ1v) is 6.54. The molecule has 0 fully saturated rings. The van der Waals surface area contributed by atoms with Crippen molar-refractivity contribution >= 4 is 11.6 Å². The third kappa shape index (κ3) is 4.21. The minimum atomic E-state index is 0.227. The average molecular weight is 256 g/mol. The van der Waals surface area contributed by atoms with Crippen LogP contribution < -0.4 is 10.1 Å². The van der Waals surface area contributed by atoms with Gasteiger partial charge in [0, 0.05) is 11.6 Å². The highest BCUT2D eigenvalue weighted by molar-refractivity contribution is 6.32. The zero-order chi connectivity index (χ0) is 12.8. The van der Waals surface area contributed by atoms with Gasteiger partial charge in [-0.05, 0) is 50.6 Å². The van der Waals surface area contributed by atoms with E-state index in [0.717, 1.165) is 41.3 Å². The molecule has 1 atom stereocenters. The highest BCUT2D eigenvalue weighted by atomic mass is 35.5. The van der Waals surface area contributed by atoms with Crippen molar-refractivity contribution < 1.29 is 4.74 Å². The van der Waals surface area contributed by atoms with Crippen molar-refractivity contribution in [2.45, 2.75) is 39.7 Å². The highest BCUT2D eigenvalue weighted by Crippen LogP contribution is 2.26. The molecule has 0 radical (unpaired) electrons. The summed E-state index contributed by atoms with van der Waals surface area (Å²) in [5.41, 5.74) is 2.14. The number of rotatable bonds is 6. The van der Waals surface area contributed by atoms with E-state index in [-0.39, 0.29) is 6.10 Å². The molecular weight excluding hydrogens is 234 g/mol. The van der Waals surface area contributed by atoms with Crippen molar-refractivity contribution in [1.29, 1.82) is 0 Å². The molecule has 1 aromatic rings. The predicted octanol–water partition coefficient (Wildman–Crippen LogP) is 3.72. The largest absolute Gasteiger partial charge is 0.489 e. The smallest absolute Gasteiger partial charge is 0.120 e. The van der Waals surface area contributed by atoms with Crippen LogP contribution in [0.1, 0.15) is 30.9 Å². The summed E-state index contributed by atoms with van der Waals surface area (Å²) in [6, 6.07) is 4.02. The van der Waals surface area contributed by atoms with Crippen LogP contribution in [0.2, 0.25) is 5.02 Å². The normalized spacial score (nSPS) is 12.5. The molecule has 0 aromatic heterocycles. The molecule has 0 aliphatic heterocycles. The summed E-state index contributed by atoms with van der Waals surface area (Å²) in [5.74, 6) is 0.915. The Hall–Kier alpha value is -0.730. The Labute approximate surface area is 109 Å². The second-order valence-corrected chi connectivity index (χ2v) is 4.84. The summed E-state index contributed by atoms with van der Waals surface area (Å²) in [6.07, 6.45) is 2.41. The Balaban J connectivity index is 2.78. The van der Waals surface area contributed by atoms with Gasteiger partial charge < -0.3 is 10.1 Å². The van der Waals surface area contributed by atoms with E-state index in [4.69, 9.17) is 16.3 Å². The van der Waals surface area contributed by atoms with Gasteiger partial charge >= 0.3 is 0 Å². The van der Waals surface area contributed by atoms with Crippen molar-refractivity contribution in [3.63, 3.8) is 0 Å². The molecule has 0 saturated carbocycles. The zero-order valence-corrected chi connectivity index (χ0v) is 11.9. The first-order chi connectivity index (χ1) is 8.08. The summed E-state index contributed by atoms with van der Waals surface area (Å²) >= 11 is 6.14. The van der Waals surface area contributed by atoms with Crippen LogP contribution in [0.3, 0.4) is 0 Å². The third-order valence-electron chi connectivity index (χ3n) is 2.76. The van der Waals surface area contributed by atoms with Crippen molar-refractivity contribution in [3.8, 4) is 5.75 Å². The van der Waals surface area contributed by atoms with Crippen LogP contribution in [-0.4, -0.2) is 19.7 Å². The van der Waals surface area contributed by atoms with Crippen LogP contribution >= 0.6 is 11.6 Å². The van der Waals surface area contributed by atoms with Crippen molar-refractivity contribution in [3.05, 3.63) is 28.3 Å². The maximum absolute atomic E-state index is 6.14. The van der Waals surface area contributed by atoms with E-state index in [1.165, 1.54) is 0 Å². The average Bonchev–Trinajstić information content (AvgIpc) is 2.26. The molecule has 3 heteroatoms. The van der Waals surface area contributed by atoms with E-state index in [1.807, 2.05) is 33.0 Å². The van der Waals surface area contributed by atoms with Gasteiger partial charge in [-0.15, -0.1) is 0 Å². The Morgan fingerprint density at radius 1 is 1.29 bits per heavy atom. The van der Waals surface area contributed by atoms with Gasteiger partial charge in [0.1, 0.15) is 11.9 Å². The van der Waals surface area contributed by atoms with E-state index >= 15 is 0 Å². The number of hydrogen-bond donors (Lipinski definition) is 1. The number of benzene rings is 1. The van der Waals surface area contributed by atoms with Crippen LogP contribution in [0.15, 0.2) is 12.1 Å². The van der Waals surface area contributed by atoms with Crippen LogP contribution in [-0.2, 0) is 0 Å². The Bertz CT molecular complexity index is 336. The lowest BCUT2D eigenvalue weighted by molar-refractivity contribution is 0.189. The number of likely N-dealkylation sites (N-methyl/N-ethyl adjacent to an activating group) is 1. The quantitative estimate of drug-likeness (QED) is 0.837. The highest BCUT2D eigenvalue weighted by Gasteiger charge is 2.10. The molecule has 1 unspecified atom stereocenters. The number of aryl methyl sites for hydroxylation is 2. The van der Waals surface area contributed by atoms with Gasteiger partial charge in [0.2, 0.25) is 0 Å². The van der Waals surface area contributed by atoms with Gasteiger partial charge in [0.15, 0.2) is 0 Å². The molecule has 96 valence electrons. The summed E-state index contributed by atoms with van der Waals surface area (Å²) in [6.45, 7) is 7.06. The Kier molecular flexibility index (Phi) is 5.79. The lowest BCUT2D eigenvalue weighted by atomic mass is 10.1. The molecule has 0 spiro atoms. The van der Waals surface area contributed by atoms with Crippen LogP contribution in [0.25, 0.3) is 0 Å². The fourth-order valence-electron chi connectivity index (χ4n) is 1.92. The topological polar surface area (TPSA) is 21.3 Å². The second kappa shape index (κ2) is 6.87. The molecule has 1 aromatic carbocycles. The molecule has 0 aliphatic carbocycles. The molecule has 0 aliphatic rings. The first-order valence-electron chi connectivity index (χ1n) is 6.16. The Morgan fingerprint density at radius 2 is 1.88 bits per heavy atom. The van der Waals surface area contributed by atoms with E-state index in [9.17, 15) is 0 Å². The maximum Gasteiger partial charge on any atom is 0.120 e. The monoisotopic (exact) mass is 255 g/mol. The summed E-state index contributed by atoms with van der Waals surface area (Å²) in [7, 11) is 1.95. The second-order valence-electron chi connectivity index (χ2n) is 4.46. The van der Waals surface area contributed by atoms with Gasteiger partial charge in [-0.25, -0.2) is 0 Å². The number of ether oxygens (including phenoxy) is 1. The van der Waals surface area contributed by atoms with Gasteiger partial charge in [-0.3, -0.25) is 0 Å². The minimum absolute atomic E-state index is 0.227. The van der Waals surface area contributed by atoms with E-state index in [2.05, 4.69) is 12.2 Å². The molecule has 0 bridgehead atoms. The van der Waals surface area contributed by atoms with Gasteiger partial charge in [0.25, 0.3) is 0 Å². The van der Waals surface area contributed by atoms with E-state index < -0.39 is 0 Å². The van der Waals surface area contributed by atoms with Crippen molar-refractivity contribution in [2.75, 3.05) is 13.6 Å². The van der Waals surface area contributed by atoms with E-state index in [1.54, 1.807) is 0 Å². The molecule has 0 saturated heterocycles. The van der Waals surface area contributed by atoms with Crippen LogP contribution in [0.4, 0.5) is 0 Å². The van der Waals surface area contributed by atoms with Gasteiger partial charge in [-0.2, -0.15) is 0 Å². The molecule has 2 nitrogen and oxygen atoms in total. The zero-order valence-electron chi connectivity index (χ0n) is 11.1. The molecule has 0 amide bonds. The fraction of sp³-hybridized carbons (Fsp3) is 0.571. The fourth-order valence-corrected chi connectivity index (χ4v) is 2.03. The summed E-state index contributed by atoms with van der Waals surface area (Å²) < 4.78 is 5.99. The molecular formula is C14H22ClNO. The van der Waals surface area contributed by atoms with Crippen molar-refractivity contribution in [1.82, 2.24) is 5.32 Å². The van der Waals surface area contributed by atoms with Crippen LogP contribution in [0.5, 0.6) is 5.75 Å². The summed E-state index contributed by atoms with van der Waals surface area (Å²) in [5, 5.41) is 3.99. The molecule has 1 N–H and O–H groups in total. The molecule has 1 rings (SSSR count). The van der Waals surface area contributed by atoms with E-state index in [0.29, 0.717) is 0 Å². The number of halogens is 1. The Morgan fingerprint density at radius 3 is 2.35 bits per heavy atom. The first kappa shape index (κ1) is 14.3. The maximum atomic E-state index is 6.14. The number of nitrogens with one attached hydrogen (secondary N) is 1. The SMILES string of the molecule is CCCC(CNC)Oc1cc(C)c(Cl)c(C)c1. The van der Waals surface area contributed by atoms with Crippen molar-refractivity contribution in [2.24, 2.45) is 0 Å². The van der Waals surface area contributed by atoms with Gasteiger partial charge in [0.05, 0.1) is 0 Å². The standard InChI is InChI=1S/C14H22ClNO/c1-5-6-12(9-16-4)17-13-7-10(2)14(15)11(3)8-13/h7-8,12,16H,5-6,9H2,1-4H3. The van der Waals surface area contributed by atoms with Crippen LogP contribution in [0, 0.1) is 13.8 Å². The minimum Gasteiger partial charge on any atom is -0.489 e. The predicted molar refractivity (Wildman–Crippen MR) is 74.2 cm³/mol. The lowest BCUT2D eigenvalue weighted by Gasteiger charge is -2.19.